The first kappa shape index (κ1) is 13.7. The average Bonchev–Trinajstić information content (AvgIpc) is 3.06. The van der Waals surface area contributed by atoms with Crippen molar-refractivity contribution in [2.24, 2.45) is 0 Å². The Labute approximate surface area is 123 Å². The van der Waals surface area contributed by atoms with Crippen molar-refractivity contribution in [3.05, 3.63) is 36.2 Å². The number of rotatable bonds is 4. The van der Waals surface area contributed by atoms with Crippen molar-refractivity contribution in [1.29, 1.82) is 0 Å². The third kappa shape index (κ3) is 2.64. The van der Waals surface area contributed by atoms with E-state index in [2.05, 4.69) is 25.2 Å². The molecule has 0 amide bonds. The summed E-state index contributed by atoms with van der Waals surface area (Å²) in [4.78, 5) is 11.6. The molecule has 0 radical (unpaired) electrons. The quantitative estimate of drug-likeness (QED) is 0.682. The minimum atomic E-state index is -0.646. The molecule has 0 aliphatic heterocycles. The number of hydrogen-bond donors (Lipinski definition) is 0. The highest BCUT2D eigenvalue weighted by Gasteiger charge is 2.17. The maximum Gasteiger partial charge on any atom is 0.261 e. The smallest absolute Gasteiger partial charge is 0.261 e. The van der Waals surface area contributed by atoms with Crippen LogP contribution in [0.25, 0.3) is 17.1 Å². The van der Waals surface area contributed by atoms with Gasteiger partial charge in [0, 0.05) is 6.20 Å². The van der Waals surface area contributed by atoms with Crippen LogP contribution < -0.4 is 0 Å². The SMILES string of the molecule is CSCc1noc(-c2cn(-c3cncnc3F)nc2C)n1. The Hall–Kier alpha value is -2.29. The van der Waals surface area contributed by atoms with Crippen LogP contribution >= 0.6 is 11.8 Å². The topological polar surface area (TPSA) is 82.5 Å². The van der Waals surface area contributed by atoms with Gasteiger partial charge in [-0.3, -0.25) is 0 Å². The van der Waals surface area contributed by atoms with Gasteiger partial charge in [-0.2, -0.15) is 26.2 Å². The zero-order valence-corrected chi connectivity index (χ0v) is 12.1. The van der Waals surface area contributed by atoms with Crippen molar-refractivity contribution in [3.63, 3.8) is 0 Å². The largest absolute Gasteiger partial charge is 0.334 e. The van der Waals surface area contributed by atoms with Crippen molar-refractivity contribution in [2.75, 3.05) is 6.26 Å². The molecule has 3 rings (SSSR count). The molecule has 0 unspecified atom stereocenters. The number of halogens is 1. The van der Waals surface area contributed by atoms with Gasteiger partial charge in [-0.05, 0) is 13.2 Å². The molecule has 9 heteroatoms. The second-order valence-electron chi connectivity index (χ2n) is 4.22. The Balaban J connectivity index is 1.99. The number of hydrogen-bond acceptors (Lipinski definition) is 7. The molecule has 3 aromatic heterocycles. The first-order chi connectivity index (χ1) is 10.2. The fourth-order valence-electron chi connectivity index (χ4n) is 1.81. The van der Waals surface area contributed by atoms with Gasteiger partial charge < -0.3 is 4.52 Å². The maximum absolute atomic E-state index is 13.7. The van der Waals surface area contributed by atoms with Crippen LogP contribution in [0.15, 0.2) is 23.2 Å². The number of thioether (sulfide) groups is 1. The normalized spacial score (nSPS) is 11.0. The van der Waals surface area contributed by atoms with Gasteiger partial charge in [0.15, 0.2) is 5.82 Å². The number of aryl methyl sites for hydroxylation is 1. The molecule has 0 atom stereocenters. The Morgan fingerprint density at radius 1 is 1.43 bits per heavy atom. The molecule has 0 aliphatic carbocycles. The zero-order valence-electron chi connectivity index (χ0n) is 11.3. The lowest BCUT2D eigenvalue weighted by molar-refractivity contribution is 0.425. The van der Waals surface area contributed by atoms with Crippen LogP contribution in [-0.2, 0) is 5.75 Å². The third-order valence-corrected chi connectivity index (χ3v) is 3.31. The number of nitrogens with zero attached hydrogens (tertiary/aromatic N) is 6. The summed E-state index contributed by atoms with van der Waals surface area (Å²) >= 11 is 1.60. The zero-order chi connectivity index (χ0) is 14.8. The molecule has 0 bridgehead atoms. The van der Waals surface area contributed by atoms with E-state index in [0.29, 0.717) is 28.7 Å². The monoisotopic (exact) mass is 306 g/mol. The second-order valence-corrected chi connectivity index (χ2v) is 5.09. The molecule has 21 heavy (non-hydrogen) atoms. The molecular weight excluding hydrogens is 295 g/mol. The Morgan fingerprint density at radius 3 is 3.05 bits per heavy atom. The van der Waals surface area contributed by atoms with Crippen LogP contribution in [0.3, 0.4) is 0 Å². The number of aromatic nitrogens is 6. The summed E-state index contributed by atoms with van der Waals surface area (Å²) in [6, 6.07) is 0. The van der Waals surface area contributed by atoms with Crippen LogP contribution in [0.1, 0.15) is 11.5 Å². The van der Waals surface area contributed by atoms with Crippen molar-refractivity contribution in [2.45, 2.75) is 12.7 Å². The van der Waals surface area contributed by atoms with E-state index in [1.54, 1.807) is 24.9 Å². The lowest BCUT2D eigenvalue weighted by atomic mass is 10.3. The third-order valence-electron chi connectivity index (χ3n) is 2.76. The van der Waals surface area contributed by atoms with E-state index in [4.69, 9.17) is 4.52 Å². The van der Waals surface area contributed by atoms with Crippen LogP contribution in [0.5, 0.6) is 0 Å². The summed E-state index contributed by atoms with van der Waals surface area (Å²) in [5, 5.41) is 8.12. The molecule has 0 aliphatic rings. The molecule has 0 spiro atoms. The van der Waals surface area contributed by atoms with Crippen LogP contribution in [0, 0.1) is 12.9 Å². The highest BCUT2D eigenvalue weighted by molar-refractivity contribution is 7.97. The average molecular weight is 306 g/mol. The molecule has 0 N–H and O–H groups in total. The summed E-state index contributed by atoms with van der Waals surface area (Å²) < 4.78 is 20.2. The summed E-state index contributed by atoms with van der Waals surface area (Å²) in [7, 11) is 0. The lowest BCUT2D eigenvalue weighted by Gasteiger charge is -1.99. The highest BCUT2D eigenvalue weighted by atomic mass is 32.2. The van der Waals surface area contributed by atoms with Crippen molar-refractivity contribution in [1.82, 2.24) is 29.9 Å². The summed E-state index contributed by atoms with van der Waals surface area (Å²) in [6.45, 7) is 1.78. The minimum Gasteiger partial charge on any atom is -0.334 e. The van der Waals surface area contributed by atoms with Gasteiger partial charge in [0.1, 0.15) is 12.0 Å². The van der Waals surface area contributed by atoms with E-state index in [1.807, 2.05) is 6.26 Å². The predicted molar refractivity (Wildman–Crippen MR) is 74.4 cm³/mol. The van der Waals surface area contributed by atoms with Crippen molar-refractivity contribution < 1.29 is 8.91 Å². The van der Waals surface area contributed by atoms with E-state index < -0.39 is 5.95 Å². The van der Waals surface area contributed by atoms with Gasteiger partial charge in [-0.15, -0.1) is 0 Å². The van der Waals surface area contributed by atoms with Gasteiger partial charge in [-0.1, -0.05) is 5.16 Å². The molecule has 3 aromatic rings. The van der Waals surface area contributed by atoms with Gasteiger partial charge >= 0.3 is 0 Å². The minimum absolute atomic E-state index is 0.163. The van der Waals surface area contributed by atoms with E-state index >= 15 is 0 Å². The van der Waals surface area contributed by atoms with Crippen molar-refractivity contribution >= 4 is 11.8 Å². The first-order valence-corrected chi connectivity index (χ1v) is 7.42. The van der Waals surface area contributed by atoms with E-state index in [-0.39, 0.29) is 5.69 Å². The van der Waals surface area contributed by atoms with Crippen molar-refractivity contribution in [3.8, 4) is 17.1 Å². The van der Waals surface area contributed by atoms with Gasteiger partial charge in [-0.25, -0.2) is 14.6 Å². The molecule has 3 heterocycles. The fourth-order valence-corrected chi connectivity index (χ4v) is 2.18. The molecule has 0 saturated carbocycles. The van der Waals surface area contributed by atoms with Crippen LogP contribution in [0.4, 0.5) is 4.39 Å². The summed E-state index contributed by atoms with van der Waals surface area (Å²) in [6.07, 6.45) is 6.07. The van der Waals surface area contributed by atoms with Crippen LogP contribution in [-0.4, -0.2) is 36.1 Å². The fraction of sp³-hybridized carbons (Fsp3) is 0.250. The Kier molecular flexibility index (Phi) is 3.65. The highest BCUT2D eigenvalue weighted by Crippen LogP contribution is 2.23. The second kappa shape index (κ2) is 5.60. The van der Waals surface area contributed by atoms with Gasteiger partial charge in [0.25, 0.3) is 5.89 Å². The van der Waals surface area contributed by atoms with E-state index in [1.165, 1.54) is 10.9 Å². The molecular formula is C12H11FN6OS. The van der Waals surface area contributed by atoms with E-state index in [0.717, 1.165) is 6.33 Å². The molecule has 0 saturated heterocycles. The Bertz CT molecular complexity index is 771. The molecule has 7 nitrogen and oxygen atoms in total. The summed E-state index contributed by atoms with van der Waals surface area (Å²) in [5.41, 5.74) is 1.46. The molecule has 0 aromatic carbocycles. The van der Waals surface area contributed by atoms with Gasteiger partial charge in [0.2, 0.25) is 5.95 Å². The predicted octanol–water partition coefficient (Wildman–Crippen LogP) is 2.02. The first-order valence-electron chi connectivity index (χ1n) is 6.03. The van der Waals surface area contributed by atoms with E-state index in [9.17, 15) is 4.39 Å². The van der Waals surface area contributed by atoms with Gasteiger partial charge in [0.05, 0.1) is 23.2 Å². The molecule has 0 fully saturated rings. The Morgan fingerprint density at radius 2 is 2.29 bits per heavy atom. The molecule has 108 valence electrons. The lowest BCUT2D eigenvalue weighted by Crippen LogP contribution is -2.01. The summed E-state index contributed by atoms with van der Waals surface area (Å²) in [5.74, 6) is 0.990. The standard InChI is InChI=1S/C12H11FN6OS/c1-7-8(12-16-10(5-21-2)18-20-12)4-19(17-7)9-3-14-6-15-11(9)13/h3-4,6H,5H2,1-2H3. The maximum atomic E-state index is 13.7. The van der Waals surface area contributed by atoms with Crippen LogP contribution in [0.2, 0.25) is 0 Å².